The summed E-state index contributed by atoms with van der Waals surface area (Å²) in [6, 6.07) is 7.15. The van der Waals surface area contributed by atoms with Gasteiger partial charge in [-0.1, -0.05) is 18.6 Å². The topological polar surface area (TPSA) is 96.7 Å². The van der Waals surface area contributed by atoms with Crippen molar-refractivity contribution in [3.05, 3.63) is 46.3 Å². The molecule has 144 valence electrons. The highest BCUT2D eigenvalue weighted by molar-refractivity contribution is 7.91. The third-order valence-corrected chi connectivity index (χ3v) is 7.07. The zero-order chi connectivity index (χ0) is 19.0. The molecule has 2 fully saturated rings. The van der Waals surface area contributed by atoms with Crippen molar-refractivity contribution < 1.29 is 17.6 Å². The number of nitrogens with zero attached hydrogens (tertiary/aromatic N) is 1. The van der Waals surface area contributed by atoms with Crippen LogP contribution in [0.25, 0.3) is 11.0 Å². The zero-order valence-corrected chi connectivity index (χ0v) is 15.7. The van der Waals surface area contributed by atoms with Gasteiger partial charge in [0.1, 0.15) is 5.58 Å². The van der Waals surface area contributed by atoms with Gasteiger partial charge in [0.05, 0.1) is 22.9 Å². The summed E-state index contributed by atoms with van der Waals surface area (Å²) >= 11 is 0. The van der Waals surface area contributed by atoms with Crippen LogP contribution in [0.1, 0.15) is 29.8 Å². The Morgan fingerprint density at radius 1 is 1.11 bits per heavy atom. The number of amides is 1. The second kappa shape index (κ2) is 7.09. The molecule has 1 aromatic carbocycles. The molecule has 8 heteroatoms. The maximum atomic E-state index is 12.7. The number of hydrogen-bond donors (Lipinski definition) is 1. The molecule has 0 saturated carbocycles. The summed E-state index contributed by atoms with van der Waals surface area (Å²) in [5.74, 6) is -0.681. The summed E-state index contributed by atoms with van der Waals surface area (Å²) in [5.41, 5.74) is 0.0374. The number of sulfone groups is 1. The van der Waals surface area contributed by atoms with Gasteiger partial charge in [0.25, 0.3) is 5.91 Å². The van der Waals surface area contributed by atoms with Crippen LogP contribution in [0.4, 0.5) is 0 Å². The van der Waals surface area contributed by atoms with E-state index in [1.165, 1.54) is 0 Å². The molecule has 7 nitrogen and oxygen atoms in total. The molecule has 27 heavy (non-hydrogen) atoms. The van der Waals surface area contributed by atoms with E-state index in [1.54, 1.807) is 24.3 Å². The lowest BCUT2D eigenvalue weighted by Crippen LogP contribution is -2.52. The molecule has 2 saturated heterocycles. The highest BCUT2D eigenvalue weighted by Crippen LogP contribution is 2.23. The smallest absolute Gasteiger partial charge is 0.287 e. The van der Waals surface area contributed by atoms with Gasteiger partial charge in [0.2, 0.25) is 0 Å². The number of piperidine rings is 1. The highest BCUT2D eigenvalue weighted by Gasteiger charge is 2.42. The first kappa shape index (κ1) is 18.2. The van der Waals surface area contributed by atoms with E-state index >= 15 is 0 Å². The Morgan fingerprint density at radius 3 is 2.63 bits per heavy atom. The van der Waals surface area contributed by atoms with E-state index in [4.69, 9.17) is 4.42 Å². The third-order valence-electron chi connectivity index (χ3n) is 5.36. The van der Waals surface area contributed by atoms with E-state index in [2.05, 4.69) is 10.2 Å². The van der Waals surface area contributed by atoms with E-state index < -0.39 is 21.8 Å². The van der Waals surface area contributed by atoms with Crippen LogP contribution in [-0.4, -0.2) is 55.9 Å². The summed E-state index contributed by atoms with van der Waals surface area (Å²) in [6.07, 6.45) is 3.22. The Hall–Kier alpha value is -2.19. The minimum Gasteiger partial charge on any atom is -0.451 e. The number of likely N-dealkylation sites (tertiary alicyclic amines) is 1. The van der Waals surface area contributed by atoms with Gasteiger partial charge in [0.15, 0.2) is 21.0 Å². The molecular weight excluding hydrogens is 368 g/mol. The Morgan fingerprint density at radius 2 is 1.85 bits per heavy atom. The van der Waals surface area contributed by atoms with Crippen molar-refractivity contribution >= 4 is 26.7 Å². The number of carbonyl (C=O) groups is 1. The van der Waals surface area contributed by atoms with E-state index in [0.29, 0.717) is 11.0 Å². The van der Waals surface area contributed by atoms with Crippen LogP contribution in [0.5, 0.6) is 0 Å². The van der Waals surface area contributed by atoms with Gasteiger partial charge in [-0.25, -0.2) is 8.42 Å². The lowest BCUT2D eigenvalue weighted by molar-refractivity contribution is 0.0873. The molecule has 3 heterocycles. The fourth-order valence-corrected chi connectivity index (χ4v) is 5.98. The molecule has 1 aromatic heterocycles. The van der Waals surface area contributed by atoms with Crippen molar-refractivity contribution in [3.8, 4) is 0 Å². The Balaban J connectivity index is 1.58. The number of benzene rings is 1. The maximum Gasteiger partial charge on any atom is 0.287 e. The van der Waals surface area contributed by atoms with Gasteiger partial charge in [-0.2, -0.15) is 0 Å². The van der Waals surface area contributed by atoms with Crippen LogP contribution in [0.3, 0.4) is 0 Å². The van der Waals surface area contributed by atoms with Crippen LogP contribution in [0, 0.1) is 0 Å². The van der Waals surface area contributed by atoms with Gasteiger partial charge >= 0.3 is 0 Å². The van der Waals surface area contributed by atoms with Crippen molar-refractivity contribution in [2.45, 2.75) is 31.3 Å². The first-order valence-corrected chi connectivity index (χ1v) is 11.0. The molecule has 0 aliphatic carbocycles. The zero-order valence-electron chi connectivity index (χ0n) is 14.9. The summed E-state index contributed by atoms with van der Waals surface area (Å²) in [6.45, 7) is 1.69. The first-order chi connectivity index (χ1) is 12.9. The number of fused-ring (bicyclic) bond motifs is 1. The molecular formula is C19H22N2O5S. The Kier molecular flexibility index (Phi) is 4.77. The van der Waals surface area contributed by atoms with E-state index in [-0.39, 0.29) is 28.7 Å². The van der Waals surface area contributed by atoms with E-state index in [1.807, 2.05) is 0 Å². The van der Waals surface area contributed by atoms with Gasteiger partial charge in [-0.15, -0.1) is 0 Å². The standard InChI is InChI=1S/C19H22N2O5S/c22-16-10-18(26-17-7-3-2-6-13(16)17)19(23)20-14-11-27(24,25)12-15(14)21-8-4-1-5-9-21/h2-3,6-7,10,14-15H,1,4-5,8-9,11-12H2,(H,20,23). The van der Waals surface area contributed by atoms with Crippen LogP contribution in [0.2, 0.25) is 0 Å². The van der Waals surface area contributed by atoms with Crippen LogP contribution in [0.15, 0.2) is 39.5 Å². The van der Waals surface area contributed by atoms with Crippen LogP contribution < -0.4 is 10.7 Å². The van der Waals surface area contributed by atoms with Crippen molar-refractivity contribution in [1.29, 1.82) is 0 Å². The van der Waals surface area contributed by atoms with Crippen LogP contribution >= 0.6 is 0 Å². The molecule has 0 bridgehead atoms. The molecule has 1 N–H and O–H groups in total. The number of rotatable bonds is 3. The second-order valence-electron chi connectivity index (χ2n) is 7.29. The van der Waals surface area contributed by atoms with Crippen molar-refractivity contribution in [2.24, 2.45) is 0 Å². The van der Waals surface area contributed by atoms with Crippen molar-refractivity contribution in [2.75, 3.05) is 24.6 Å². The summed E-state index contributed by atoms with van der Waals surface area (Å²) in [5, 5.41) is 3.20. The van der Waals surface area contributed by atoms with Gasteiger partial charge < -0.3 is 9.73 Å². The average Bonchev–Trinajstić information content (AvgIpc) is 2.96. The monoisotopic (exact) mass is 390 g/mol. The van der Waals surface area contributed by atoms with Gasteiger partial charge in [-0.3, -0.25) is 14.5 Å². The fraction of sp³-hybridized carbons (Fsp3) is 0.474. The number of hydrogen-bond acceptors (Lipinski definition) is 6. The Bertz CT molecular complexity index is 1020. The number of para-hydroxylation sites is 1. The largest absolute Gasteiger partial charge is 0.451 e. The molecule has 4 rings (SSSR count). The quantitative estimate of drug-likeness (QED) is 0.845. The third kappa shape index (κ3) is 3.77. The molecule has 2 aliphatic rings. The van der Waals surface area contributed by atoms with Gasteiger partial charge in [0, 0.05) is 12.1 Å². The normalized spacial score (nSPS) is 25.5. The maximum absolute atomic E-state index is 12.7. The predicted molar refractivity (Wildman–Crippen MR) is 102 cm³/mol. The minimum absolute atomic E-state index is 0.0552. The molecule has 0 spiro atoms. The summed E-state index contributed by atoms with van der Waals surface area (Å²) < 4.78 is 30.0. The van der Waals surface area contributed by atoms with Crippen molar-refractivity contribution in [3.63, 3.8) is 0 Å². The fourth-order valence-electron chi connectivity index (χ4n) is 4.03. The van der Waals surface area contributed by atoms with E-state index in [9.17, 15) is 18.0 Å². The summed E-state index contributed by atoms with van der Waals surface area (Å²) in [7, 11) is -3.21. The predicted octanol–water partition coefficient (Wildman–Crippen LogP) is 1.17. The lowest BCUT2D eigenvalue weighted by atomic mass is 10.0. The number of nitrogens with one attached hydrogen (secondary N) is 1. The molecule has 1 amide bonds. The highest BCUT2D eigenvalue weighted by atomic mass is 32.2. The minimum atomic E-state index is -3.21. The van der Waals surface area contributed by atoms with Gasteiger partial charge in [-0.05, 0) is 38.1 Å². The SMILES string of the molecule is O=C(NC1CS(=O)(=O)CC1N1CCCCC1)c1cc(=O)c2ccccc2o1. The molecule has 2 unspecified atom stereocenters. The summed E-state index contributed by atoms with van der Waals surface area (Å²) in [4.78, 5) is 27.1. The van der Waals surface area contributed by atoms with E-state index in [0.717, 1.165) is 38.4 Å². The number of carbonyl (C=O) groups excluding carboxylic acids is 1. The molecule has 2 aromatic rings. The second-order valence-corrected chi connectivity index (χ2v) is 9.45. The molecule has 2 aliphatic heterocycles. The van der Waals surface area contributed by atoms with Crippen molar-refractivity contribution in [1.82, 2.24) is 10.2 Å². The lowest BCUT2D eigenvalue weighted by Gasteiger charge is -2.34. The van der Waals surface area contributed by atoms with Crippen LogP contribution in [-0.2, 0) is 9.84 Å². The Labute approximate surface area is 157 Å². The molecule has 2 atom stereocenters. The molecule has 0 radical (unpaired) electrons. The average molecular weight is 390 g/mol. The first-order valence-electron chi connectivity index (χ1n) is 9.21.